The maximum Gasteiger partial charge on any atom is 0.252 e. The van der Waals surface area contributed by atoms with Crippen molar-refractivity contribution in [3.63, 3.8) is 0 Å². The van der Waals surface area contributed by atoms with Crippen LogP contribution in [0.3, 0.4) is 0 Å². The van der Waals surface area contributed by atoms with Crippen LogP contribution in [-0.2, 0) is 0 Å². The van der Waals surface area contributed by atoms with Gasteiger partial charge in [-0.15, -0.1) is 0 Å². The van der Waals surface area contributed by atoms with Gasteiger partial charge in [0.05, 0.1) is 11.1 Å². The van der Waals surface area contributed by atoms with Crippen molar-refractivity contribution in [2.45, 2.75) is 13.0 Å². The zero-order valence-electron chi connectivity index (χ0n) is 14.3. The van der Waals surface area contributed by atoms with Gasteiger partial charge in [0.25, 0.3) is 5.91 Å². The minimum Gasteiger partial charge on any atom is -0.491 e. The number of aromatic nitrogens is 1. The SMILES string of the molecule is Cc1cc(C(=O)NCC(O)COc2ccccc2)c2ccc(F)cc2n1. The normalized spacial score (nSPS) is 12.0. The highest BCUT2D eigenvalue weighted by Crippen LogP contribution is 2.19. The molecule has 1 unspecified atom stereocenters. The number of rotatable bonds is 6. The molecule has 2 N–H and O–H groups in total. The molecule has 0 saturated carbocycles. The summed E-state index contributed by atoms with van der Waals surface area (Å²) in [6, 6.07) is 14.9. The molecule has 5 nitrogen and oxygen atoms in total. The number of pyridine rings is 1. The molecule has 3 aromatic rings. The number of halogens is 1. The van der Waals surface area contributed by atoms with Gasteiger partial charge >= 0.3 is 0 Å². The average Bonchev–Trinajstić information content (AvgIpc) is 2.64. The highest BCUT2D eigenvalue weighted by Gasteiger charge is 2.14. The zero-order chi connectivity index (χ0) is 18.5. The van der Waals surface area contributed by atoms with Crippen LogP contribution in [0.1, 0.15) is 16.1 Å². The van der Waals surface area contributed by atoms with Crippen molar-refractivity contribution in [3.8, 4) is 5.75 Å². The first-order valence-electron chi connectivity index (χ1n) is 8.24. The second-order valence-electron chi connectivity index (χ2n) is 5.96. The number of hydrogen-bond acceptors (Lipinski definition) is 4. The number of carbonyl (C=O) groups excluding carboxylic acids is 1. The van der Waals surface area contributed by atoms with Gasteiger partial charge in [-0.1, -0.05) is 18.2 Å². The maximum absolute atomic E-state index is 13.4. The van der Waals surface area contributed by atoms with Crippen molar-refractivity contribution in [1.82, 2.24) is 10.3 Å². The number of aliphatic hydroxyl groups excluding tert-OH is 1. The van der Waals surface area contributed by atoms with Crippen LogP contribution in [0.15, 0.2) is 54.6 Å². The zero-order valence-corrected chi connectivity index (χ0v) is 14.3. The lowest BCUT2D eigenvalue weighted by atomic mass is 10.1. The third-order valence-corrected chi connectivity index (χ3v) is 3.83. The first-order chi connectivity index (χ1) is 12.5. The summed E-state index contributed by atoms with van der Waals surface area (Å²) in [4.78, 5) is 16.7. The Morgan fingerprint density at radius 3 is 2.77 bits per heavy atom. The molecule has 1 atom stereocenters. The fraction of sp³-hybridized carbons (Fsp3) is 0.200. The largest absolute Gasteiger partial charge is 0.491 e. The number of ether oxygens (including phenoxy) is 1. The Labute approximate surface area is 150 Å². The number of hydrogen-bond donors (Lipinski definition) is 2. The van der Waals surface area contributed by atoms with E-state index in [9.17, 15) is 14.3 Å². The summed E-state index contributed by atoms with van der Waals surface area (Å²) in [6.07, 6.45) is -0.856. The molecule has 26 heavy (non-hydrogen) atoms. The van der Waals surface area contributed by atoms with Gasteiger partial charge in [-0.2, -0.15) is 0 Å². The van der Waals surface area contributed by atoms with Gasteiger partial charge in [0.15, 0.2) is 0 Å². The minimum absolute atomic E-state index is 0.0374. The van der Waals surface area contributed by atoms with Gasteiger partial charge in [0.1, 0.15) is 24.3 Å². The summed E-state index contributed by atoms with van der Waals surface area (Å²) < 4.78 is 18.8. The van der Waals surface area contributed by atoms with Gasteiger partial charge in [0, 0.05) is 23.7 Å². The topological polar surface area (TPSA) is 71.5 Å². The van der Waals surface area contributed by atoms with Gasteiger partial charge in [-0.3, -0.25) is 9.78 Å². The lowest BCUT2D eigenvalue weighted by Crippen LogP contribution is -2.35. The quantitative estimate of drug-likeness (QED) is 0.714. The lowest BCUT2D eigenvalue weighted by Gasteiger charge is -2.14. The molecule has 0 spiro atoms. The number of fused-ring (bicyclic) bond motifs is 1. The highest BCUT2D eigenvalue weighted by molar-refractivity contribution is 6.06. The molecule has 2 aromatic carbocycles. The van der Waals surface area contributed by atoms with E-state index >= 15 is 0 Å². The molecule has 0 bridgehead atoms. The van der Waals surface area contributed by atoms with Crippen LogP contribution in [0.4, 0.5) is 4.39 Å². The molecule has 134 valence electrons. The van der Waals surface area contributed by atoms with Gasteiger partial charge in [-0.25, -0.2) is 4.39 Å². The van der Waals surface area contributed by atoms with E-state index in [1.165, 1.54) is 18.2 Å². The van der Waals surface area contributed by atoms with Gasteiger partial charge in [-0.05, 0) is 37.3 Å². The average molecular weight is 354 g/mol. The molecule has 0 fully saturated rings. The monoisotopic (exact) mass is 354 g/mol. The van der Waals surface area contributed by atoms with Crippen molar-refractivity contribution in [2.75, 3.05) is 13.2 Å². The van der Waals surface area contributed by atoms with Crippen molar-refractivity contribution < 1.29 is 19.0 Å². The van der Waals surface area contributed by atoms with Crippen LogP contribution < -0.4 is 10.1 Å². The number of carbonyl (C=O) groups is 1. The summed E-state index contributed by atoms with van der Waals surface area (Å²) in [6.45, 7) is 1.84. The van der Waals surface area contributed by atoms with Crippen molar-refractivity contribution in [1.29, 1.82) is 0 Å². The third kappa shape index (κ3) is 4.34. The Morgan fingerprint density at radius 1 is 1.23 bits per heavy atom. The van der Waals surface area contributed by atoms with E-state index in [4.69, 9.17) is 4.74 Å². The Hall–Kier alpha value is -2.99. The third-order valence-electron chi connectivity index (χ3n) is 3.83. The standard InChI is InChI=1S/C20H19FN2O3/c1-13-9-18(17-8-7-14(21)10-19(17)23-13)20(25)22-11-15(24)12-26-16-5-3-2-4-6-16/h2-10,15,24H,11-12H2,1H3,(H,22,25). The molecule has 0 aliphatic heterocycles. The smallest absolute Gasteiger partial charge is 0.252 e. The molecular weight excluding hydrogens is 335 g/mol. The van der Waals surface area contributed by atoms with Gasteiger partial charge in [0.2, 0.25) is 0 Å². The van der Waals surface area contributed by atoms with E-state index in [-0.39, 0.29) is 19.1 Å². The second-order valence-corrected chi connectivity index (χ2v) is 5.96. The predicted octanol–water partition coefficient (Wildman–Crippen LogP) is 2.85. The molecular formula is C20H19FN2O3. The molecule has 0 radical (unpaired) electrons. The summed E-state index contributed by atoms with van der Waals surface area (Å²) in [7, 11) is 0. The number of nitrogens with zero attached hydrogens (tertiary/aromatic N) is 1. The molecule has 6 heteroatoms. The molecule has 3 rings (SSSR count). The second kappa shape index (κ2) is 7.93. The fourth-order valence-electron chi connectivity index (χ4n) is 2.60. The molecule has 0 aliphatic carbocycles. The Balaban J connectivity index is 1.64. The number of benzene rings is 2. The number of aliphatic hydroxyl groups is 1. The molecule has 1 heterocycles. The Kier molecular flexibility index (Phi) is 5.43. The number of amides is 1. The van der Waals surface area contributed by atoms with E-state index in [0.29, 0.717) is 27.9 Å². The van der Waals surface area contributed by atoms with Crippen LogP contribution in [0.2, 0.25) is 0 Å². The van der Waals surface area contributed by atoms with Crippen molar-refractivity contribution in [3.05, 3.63) is 71.7 Å². The summed E-state index contributed by atoms with van der Waals surface area (Å²) in [5.41, 5.74) is 1.42. The Bertz CT molecular complexity index is 910. The van der Waals surface area contributed by atoms with E-state index in [2.05, 4.69) is 10.3 Å². The maximum atomic E-state index is 13.4. The first-order valence-corrected chi connectivity index (χ1v) is 8.24. The van der Waals surface area contributed by atoms with Crippen LogP contribution in [0.5, 0.6) is 5.75 Å². The Morgan fingerprint density at radius 2 is 2.00 bits per heavy atom. The van der Waals surface area contributed by atoms with E-state index in [1.54, 1.807) is 25.1 Å². The van der Waals surface area contributed by atoms with Crippen LogP contribution in [-0.4, -0.2) is 35.3 Å². The van der Waals surface area contributed by atoms with Crippen LogP contribution >= 0.6 is 0 Å². The number of aryl methyl sites for hydroxylation is 1. The fourth-order valence-corrected chi connectivity index (χ4v) is 2.60. The number of nitrogens with one attached hydrogen (secondary N) is 1. The van der Waals surface area contributed by atoms with E-state index in [0.717, 1.165) is 0 Å². The highest BCUT2D eigenvalue weighted by atomic mass is 19.1. The summed E-state index contributed by atoms with van der Waals surface area (Å²) >= 11 is 0. The van der Waals surface area contributed by atoms with Gasteiger partial charge < -0.3 is 15.2 Å². The lowest BCUT2D eigenvalue weighted by molar-refractivity contribution is 0.0845. The van der Waals surface area contributed by atoms with Crippen LogP contribution in [0, 0.1) is 12.7 Å². The van der Waals surface area contributed by atoms with Crippen molar-refractivity contribution >= 4 is 16.8 Å². The first kappa shape index (κ1) is 17.8. The molecule has 1 aromatic heterocycles. The van der Waals surface area contributed by atoms with Crippen LogP contribution in [0.25, 0.3) is 10.9 Å². The summed E-state index contributed by atoms with van der Waals surface area (Å²) in [5.74, 6) is -0.114. The molecule has 0 saturated heterocycles. The molecule has 1 amide bonds. The van der Waals surface area contributed by atoms with E-state index < -0.39 is 11.9 Å². The predicted molar refractivity (Wildman–Crippen MR) is 96.7 cm³/mol. The summed E-state index contributed by atoms with van der Waals surface area (Å²) in [5, 5.41) is 13.2. The molecule has 0 aliphatic rings. The number of para-hydroxylation sites is 1. The van der Waals surface area contributed by atoms with E-state index in [1.807, 2.05) is 18.2 Å². The minimum atomic E-state index is -0.856. The van der Waals surface area contributed by atoms with Crippen molar-refractivity contribution in [2.24, 2.45) is 0 Å².